The average Bonchev–Trinajstić information content (AvgIpc) is 0.861. The molecule has 12 heterocycles. The van der Waals surface area contributed by atoms with Crippen LogP contribution in [0.3, 0.4) is 0 Å². The first-order valence-electron chi connectivity index (χ1n) is 42.2. The highest BCUT2D eigenvalue weighted by atomic mass is 35.5. The van der Waals surface area contributed by atoms with Crippen molar-refractivity contribution >= 4 is 157 Å². The van der Waals surface area contributed by atoms with Gasteiger partial charge in [0.05, 0.1) is 73.0 Å². The molecule has 9 aliphatic heterocycles. The summed E-state index contributed by atoms with van der Waals surface area (Å²) in [5.41, 5.74) is 4.36. The number of amides is 6. The number of nitrogens with zero attached hydrogens (tertiary/aromatic N) is 15. The Morgan fingerprint density at radius 2 is 0.776 bits per heavy atom. The smallest absolute Gasteiger partial charge is 0.338 e. The maximum Gasteiger partial charge on any atom is 0.338 e. The molecule has 6 aromatic carbocycles. The number of amidine groups is 3. The van der Waals surface area contributed by atoms with Gasteiger partial charge in [-0.05, 0) is 124 Å². The predicted octanol–water partition coefficient (Wildman–Crippen LogP) is 13.3. The molecular weight excluding hydrogens is 1860 g/mol. The molecule has 0 radical (unpaired) electrons. The number of carboxylic acids is 1. The summed E-state index contributed by atoms with van der Waals surface area (Å²) in [6, 6.07) is 23.2. The zero-order valence-corrected chi connectivity index (χ0v) is 77.5. The van der Waals surface area contributed by atoms with Gasteiger partial charge in [-0.2, -0.15) is 0 Å². The van der Waals surface area contributed by atoms with Crippen molar-refractivity contribution < 1.29 is 84.4 Å². The number of carbonyl (C=O) groups excluding carboxylic acids is 8. The van der Waals surface area contributed by atoms with E-state index in [0.29, 0.717) is 144 Å². The number of nitrogens with one attached hydrogen (secondary N) is 3. The maximum atomic E-state index is 15.3. The van der Waals surface area contributed by atoms with E-state index in [4.69, 9.17) is 64.0 Å². The summed E-state index contributed by atoms with van der Waals surface area (Å²) >= 11 is 23.5. The molecule has 6 fully saturated rings. The monoisotopic (exact) mass is 1950 g/mol. The molecule has 0 aliphatic carbocycles. The van der Waals surface area contributed by atoms with Crippen LogP contribution in [-0.2, 0) is 38.8 Å². The van der Waals surface area contributed by atoms with Crippen molar-refractivity contribution in [3.8, 4) is 0 Å². The lowest BCUT2D eigenvalue weighted by Crippen LogP contribution is -2.53. The number of ketones is 2. The van der Waals surface area contributed by atoms with Crippen LogP contribution >= 0.6 is 68.8 Å². The van der Waals surface area contributed by atoms with Gasteiger partial charge >= 0.3 is 42.0 Å². The number of hydrogen-bond acceptors (Lipinski definition) is 27. The molecule has 0 unspecified atom stereocenters. The van der Waals surface area contributed by atoms with Gasteiger partial charge in [0.15, 0.2) is 44.1 Å². The van der Waals surface area contributed by atoms with Gasteiger partial charge in [-0.15, -0.1) is 34.0 Å². The third-order valence-electron chi connectivity index (χ3n) is 24.5. The molecule has 0 spiro atoms. The van der Waals surface area contributed by atoms with Crippen LogP contribution in [-0.4, -0.2) is 258 Å². The standard InChI is InChI=1S/C32H31ClF2N6O5S.C30H27ClF2N6O4S.C30H28ClFN6O4S/c1-32(2,30(43)44)17-4-7-24(22(35)12-17)41-15-19-14-39(9-10-40(19)31(41)45)16-23-25(29(42)46-3)26(20-6-5-18(34)13-21(20)33)38-27(37-23)28-36-8-11-47-28;1-16(40)17-3-6-24(22(33)11-17)39-14-19-13-37(8-9-38(19)30(39)42)15-23-25(29(41)43-2)26(20-5-4-18(32)12-21(20)31)36-27(35-23)28-34-7-10-44-28;1-17(39)18-3-6-20(7-4-18)38-15-21-14-36(10-11-37(21)30(38)41)16-24-25(29(40)42-2)26(22-8-5-19(32)13-23(22)31)35-27(34-24)28-33-9-12-43-28/h4-8,11-13,19,26H,9-10,14-16H2,1-3H3,(H,37,38)(H,43,44);3-7,10-12,19,26H,8-9,13-15H2,1-2H3,(H,35,36);3-9,12-13,21,26H,10-11,14-16H2,1-2H3,(H,34,35)/t2*19-,26-;21-,26-/m000/s1. The Bertz CT molecular complexity index is 6370. The molecule has 4 N–H and O–H groups in total. The Balaban J connectivity index is 0.000000146. The van der Waals surface area contributed by atoms with Crippen molar-refractivity contribution in [2.75, 3.05) is 134 Å². The molecule has 9 aromatic rings. The molecule has 696 valence electrons. The van der Waals surface area contributed by atoms with E-state index in [1.165, 1.54) is 172 Å². The molecule has 3 aromatic heterocycles. The SMILES string of the molecule is COC(=O)C1=C(CN2CCN3C(=O)N(c4ccc(C(C)(C)C(=O)O)cc4F)C[C@@H]3C2)NC(c2nccs2)=N[C@H]1c1ccc(F)cc1Cl.COC(=O)C1=C(CN2CCN3C(=O)N(c4ccc(C(C)=O)cc4)C[C@@H]3C2)NC(c2nccs2)=N[C@H]1c1ccc(F)cc1Cl.COC(=O)C1=C(CN2CCN3C(=O)N(c4ccc(C(C)=O)cc4F)C[C@@H]3C2)NC(c2nccs2)=N[C@H]1c1ccc(F)cc1Cl. The van der Waals surface area contributed by atoms with Gasteiger partial charge in [0.1, 0.15) is 47.2 Å². The van der Waals surface area contributed by atoms with E-state index in [2.05, 4.69) is 45.6 Å². The third kappa shape index (κ3) is 19.5. The quantitative estimate of drug-likeness (QED) is 0.0212. The first kappa shape index (κ1) is 94.5. The highest BCUT2D eigenvalue weighted by Crippen LogP contribution is 2.43. The number of fused-ring (bicyclic) bond motifs is 3. The van der Waals surface area contributed by atoms with Crippen molar-refractivity contribution in [3.63, 3.8) is 0 Å². The molecule has 0 bridgehead atoms. The number of aliphatic carboxylic acids is 1. The number of Topliss-reactive ketones (excluding diaryl/α,β-unsaturated/α-hetero) is 2. The number of aromatic nitrogens is 3. The first-order chi connectivity index (χ1) is 64.2. The van der Waals surface area contributed by atoms with E-state index in [1.807, 2.05) is 10.3 Å². The number of esters is 3. The number of benzene rings is 6. The Kier molecular flexibility index (Phi) is 28.1. The predicted molar refractivity (Wildman–Crippen MR) is 494 cm³/mol. The highest BCUT2D eigenvalue weighted by molar-refractivity contribution is 7.12. The zero-order valence-electron chi connectivity index (χ0n) is 72.8. The number of anilines is 3. The van der Waals surface area contributed by atoms with Crippen molar-refractivity contribution in [1.82, 2.24) is 60.3 Å². The fraction of sp³-hybridized carbons (Fsp3) is 0.315. The van der Waals surface area contributed by atoms with Crippen LogP contribution in [0.15, 0.2) is 199 Å². The van der Waals surface area contributed by atoms with Gasteiger partial charge in [-0.25, -0.2) is 65.7 Å². The van der Waals surface area contributed by atoms with E-state index in [0.717, 1.165) is 17.8 Å². The molecule has 6 amide bonds. The van der Waals surface area contributed by atoms with Crippen LogP contribution in [0.4, 0.5) is 53.4 Å². The van der Waals surface area contributed by atoms with Crippen molar-refractivity contribution in [2.24, 2.45) is 15.0 Å². The minimum Gasteiger partial charge on any atom is -0.481 e. The van der Waals surface area contributed by atoms with E-state index in [9.17, 15) is 65.8 Å². The van der Waals surface area contributed by atoms with Gasteiger partial charge in [0.2, 0.25) is 0 Å². The summed E-state index contributed by atoms with van der Waals surface area (Å²) in [5.74, 6) is -4.76. The van der Waals surface area contributed by atoms with Gasteiger partial charge in [-0.1, -0.05) is 59.1 Å². The average molecular weight is 1950 g/mol. The zero-order chi connectivity index (χ0) is 95.0. The summed E-state index contributed by atoms with van der Waals surface area (Å²) < 4.78 is 87.7. The van der Waals surface area contributed by atoms with Crippen LogP contribution in [0.5, 0.6) is 0 Å². The second-order valence-electron chi connectivity index (χ2n) is 33.0. The number of carbonyl (C=O) groups is 9. The number of thiazole rings is 3. The Labute approximate surface area is 791 Å². The van der Waals surface area contributed by atoms with Crippen molar-refractivity contribution in [3.05, 3.63) is 276 Å². The van der Waals surface area contributed by atoms with Crippen LogP contribution < -0.4 is 30.7 Å². The second-order valence-corrected chi connectivity index (χ2v) is 36.9. The molecule has 6 saturated heterocycles. The molecule has 6 atom stereocenters. The fourth-order valence-corrected chi connectivity index (χ4v) is 20.1. The molecular formula is C92H86Cl3F5N18O13S3. The number of halogens is 8. The lowest BCUT2D eigenvalue weighted by molar-refractivity contribution is -0.142. The number of piperazine rings is 3. The number of hydrogen-bond donors (Lipinski definition) is 4. The molecule has 134 heavy (non-hydrogen) atoms. The Morgan fingerprint density at radius 1 is 0.440 bits per heavy atom. The highest BCUT2D eigenvalue weighted by Gasteiger charge is 2.48. The van der Waals surface area contributed by atoms with Crippen molar-refractivity contribution in [1.29, 1.82) is 0 Å². The van der Waals surface area contributed by atoms with Gasteiger partial charge in [-0.3, -0.25) is 58.8 Å². The fourth-order valence-electron chi connectivity index (χ4n) is 17.5. The lowest BCUT2D eigenvalue weighted by atomic mass is 9.84. The molecule has 42 heteroatoms. The van der Waals surface area contributed by atoms with Crippen LogP contribution in [0.25, 0.3) is 0 Å². The van der Waals surface area contributed by atoms with Gasteiger partial charge in [0.25, 0.3) is 0 Å². The molecule has 18 rings (SSSR count). The van der Waals surface area contributed by atoms with Crippen LogP contribution in [0.2, 0.25) is 15.1 Å². The summed E-state index contributed by atoms with van der Waals surface area (Å²) in [5, 5.41) is 27.0. The van der Waals surface area contributed by atoms with Crippen LogP contribution in [0.1, 0.15) is 104 Å². The van der Waals surface area contributed by atoms with Crippen LogP contribution in [0, 0.1) is 29.1 Å². The van der Waals surface area contributed by atoms with Gasteiger partial charge < -0.3 is 50.0 Å². The summed E-state index contributed by atoms with van der Waals surface area (Å²) in [6.07, 6.45) is 4.94. The second kappa shape index (κ2) is 39.8. The number of aliphatic imine (C=N–C) groups is 3. The number of urea groups is 3. The molecule has 9 aliphatic rings. The Hall–Kier alpha value is -12.7. The third-order valence-corrected chi connectivity index (χ3v) is 27.8. The van der Waals surface area contributed by atoms with E-state index >= 15 is 4.39 Å². The number of ether oxygens (including phenoxy) is 3. The lowest BCUT2D eigenvalue weighted by Gasteiger charge is -2.38. The summed E-state index contributed by atoms with van der Waals surface area (Å²) in [4.78, 5) is 158. The number of methoxy groups -OCH3 is 3. The van der Waals surface area contributed by atoms with E-state index in [-0.39, 0.29) is 128 Å². The Morgan fingerprint density at radius 3 is 1.09 bits per heavy atom. The first-order valence-corrected chi connectivity index (χ1v) is 45.9. The summed E-state index contributed by atoms with van der Waals surface area (Å²) in [6.45, 7) is 11.8. The van der Waals surface area contributed by atoms with E-state index < -0.39 is 76.5 Å². The van der Waals surface area contributed by atoms with Crippen molar-refractivity contribution in [2.45, 2.75) is 69.4 Å². The molecule has 0 saturated carbocycles. The normalized spacial score (nSPS) is 20.4. The van der Waals surface area contributed by atoms with E-state index in [1.54, 1.807) is 68.3 Å². The maximum absolute atomic E-state index is 15.3. The minimum absolute atomic E-state index is 0.0312. The summed E-state index contributed by atoms with van der Waals surface area (Å²) in [7, 11) is 3.84. The minimum atomic E-state index is -1.30. The largest absolute Gasteiger partial charge is 0.481 e. The number of carboxylic acid groups (broad SMARTS) is 1. The topological polar surface area (TPSA) is 343 Å². The van der Waals surface area contributed by atoms with Gasteiger partial charge in [0, 0.05) is 199 Å². The molecule has 31 nitrogen and oxygen atoms in total. The number of rotatable bonds is 22.